The molecule has 1 aliphatic heterocycles. The molecule has 2 nitrogen and oxygen atoms in total. The predicted octanol–water partition coefficient (Wildman–Crippen LogP) is 1.54. The van der Waals surface area contributed by atoms with Crippen molar-refractivity contribution < 1.29 is 4.74 Å². The maximum absolute atomic E-state index is 5.14. The molecule has 0 aromatic heterocycles. The van der Waals surface area contributed by atoms with Crippen LogP contribution in [0.2, 0.25) is 0 Å². The summed E-state index contributed by atoms with van der Waals surface area (Å²) in [5.74, 6) is 0. The molecular weight excluding hydrogens is 126 g/mol. The summed E-state index contributed by atoms with van der Waals surface area (Å²) in [7, 11) is 0. The van der Waals surface area contributed by atoms with E-state index in [0.29, 0.717) is 0 Å². The maximum Gasteiger partial charge on any atom is 0.0466 e. The number of hydrogen-bond acceptors (Lipinski definition) is 2. The van der Waals surface area contributed by atoms with E-state index in [-0.39, 0.29) is 0 Å². The quantitative estimate of drug-likeness (QED) is 0.639. The molecule has 0 spiro atoms. The highest BCUT2D eigenvalue weighted by atomic mass is 16.5. The molecule has 0 saturated carbocycles. The van der Waals surface area contributed by atoms with E-state index in [2.05, 4.69) is 6.92 Å². The van der Waals surface area contributed by atoms with Gasteiger partial charge in [-0.25, -0.2) is 0 Å². The van der Waals surface area contributed by atoms with E-state index in [1.54, 1.807) is 0 Å². The van der Waals surface area contributed by atoms with Gasteiger partial charge in [0.1, 0.15) is 0 Å². The summed E-state index contributed by atoms with van der Waals surface area (Å²) in [5, 5.41) is 0. The Morgan fingerprint density at radius 2 is 1.90 bits per heavy atom. The van der Waals surface area contributed by atoms with Gasteiger partial charge in [-0.15, -0.1) is 0 Å². The molecule has 0 aromatic carbocycles. The van der Waals surface area contributed by atoms with Gasteiger partial charge in [0.05, 0.1) is 0 Å². The van der Waals surface area contributed by atoms with Gasteiger partial charge in [-0.1, -0.05) is 13.3 Å². The minimum absolute atomic E-state index is 0.844. The molecule has 10 heavy (non-hydrogen) atoms. The Hall–Kier alpha value is -0.0800. The third-order valence-electron chi connectivity index (χ3n) is 1.39. The Bertz CT molecular complexity index is 43.6. The molecule has 1 heterocycles. The minimum atomic E-state index is 0.844. The zero-order valence-electron chi connectivity index (χ0n) is 6.94. The first-order chi connectivity index (χ1) is 4.91. The van der Waals surface area contributed by atoms with Crippen LogP contribution in [0.15, 0.2) is 0 Å². The van der Waals surface area contributed by atoms with Gasteiger partial charge in [0.25, 0.3) is 0 Å². The van der Waals surface area contributed by atoms with Crippen LogP contribution in [0.4, 0.5) is 0 Å². The molecule has 0 amide bonds. The first-order valence-electron chi connectivity index (χ1n) is 4.19. The van der Waals surface area contributed by atoms with Crippen LogP contribution in [0, 0.1) is 0 Å². The second-order valence-electron chi connectivity index (χ2n) is 2.46. The topological polar surface area (TPSA) is 35.2 Å². The fraction of sp³-hybridized carbons (Fsp3) is 1.00. The summed E-state index contributed by atoms with van der Waals surface area (Å²) in [4.78, 5) is 0. The standard InChI is InChI=1S/C4H11N.C4H8O/c1-2-3-4-5;1-2-4-5-3-1/h2-5H2,1H3;1-4H2. The van der Waals surface area contributed by atoms with E-state index in [1.165, 1.54) is 25.7 Å². The van der Waals surface area contributed by atoms with Crippen LogP contribution in [0.25, 0.3) is 0 Å². The van der Waals surface area contributed by atoms with Gasteiger partial charge in [-0.2, -0.15) is 0 Å². The van der Waals surface area contributed by atoms with Gasteiger partial charge in [-0.3, -0.25) is 0 Å². The van der Waals surface area contributed by atoms with Gasteiger partial charge in [0, 0.05) is 13.2 Å². The molecule has 0 aliphatic carbocycles. The zero-order chi connectivity index (χ0) is 7.66. The van der Waals surface area contributed by atoms with Crippen LogP contribution in [-0.4, -0.2) is 19.8 Å². The number of unbranched alkanes of at least 4 members (excludes halogenated alkanes) is 1. The van der Waals surface area contributed by atoms with Gasteiger partial charge in [0.2, 0.25) is 0 Å². The van der Waals surface area contributed by atoms with Gasteiger partial charge in [0.15, 0.2) is 0 Å². The summed E-state index contributed by atoms with van der Waals surface area (Å²) < 4.78 is 4.94. The van der Waals surface area contributed by atoms with Crippen molar-refractivity contribution in [2.75, 3.05) is 19.8 Å². The molecule has 2 N–H and O–H groups in total. The molecule has 0 unspecified atom stereocenters. The van der Waals surface area contributed by atoms with Crippen LogP contribution in [0.3, 0.4) is 0 Å². The monoisotopic (exact) mass is 145 g/mol. The smallest absolute Gasteiger partial charge is 0.0466 e. The first-order valence-corrected chi connectivity index (χ1v) is 4.19. The average Bonchev–Trinajstić information content (AvgIpc) is 2.44. The fourth-order valence-electron chi connectivity index (χ4n) is 0.714. The highest BCUT2D eigenvalue weighted by Gasteiger charge is 1.94. The third-order valence-corrected chi connectivity index (χ3v) is 1.39. The lowest BCUT2D eigenvalue weighted by Gasteiger charge is -1.80. The van der Waals surface area contributed by atoms with Crippen molar-refractivity contribution in [2.24, 2.45) is 5.73 Å². The Labute approximate surface area is 63.7 Å². The zero-order valence-corrected chi connectivity index (χ0v) is 6.94. The van der Waals surface area contributed by atoms with E-state index in [1.807, 2.05) is 0 Å². The molecule has 1 aliphatic rings. The lowest BCUT2D eigenvalue weighted by molar-refractivity contribution is 0.198. The van der Waals surface area contributed by atoms with E-state index in [0.717, 1.165) is 19.8 Å². The van der Waals surface area contributed by atoms with Crippen molar-refractivity contribution in [2.45, 2.75) is 32.6 Å². The molecule has 1 saturated heterocycles. The highest BCUT2D eigenvalue weighted by molar-refractivity contribution is 4.43. The Kier molecular flexibility index (Phi) is 8.85. The van der Waals surface area contributed by atoms with Crippen LogP contribution in [0.5, 0.6) is 0 Å². The van der Waals surface area contributed by atoms with Crippen molar-refractivity contribution in [1.29, 1.82) is 0 Å². The second-order valence-corrected chi connectivity index (χ2v) is 2.46. The third kappa shape index (κ3) is 7.92. The molecule has 1 fully saturated rings. The van der Waals surface area contributed by atoms with Crippen LogP contribution >= 0.6 is 0 Å². The minimum Gasteiger partial charge on any atom is -0.381 e. The number of rotatable bonds is 2. The van der Waals surface area contributed by atoms with E-state index < -0.39 is 0 Å². The average molecular weight is 145 g/mol. The molecule has 0 aromatic rings. The van der Waals surface area contributed by atoms with Gasteiger partial charge in [-0.05, 0) is 25.8 Å². The van der Waals surface area contributed by atoms with Crippen LogP contribution in [0.1, 0.15) is 32.6 Å². The van der Waals surface area contributed by atoms with Crippen LogP contribution in [-0.2, 0) is 4.74 Å². The molecule has 1 rings (SSSR count). The van der Waals surface area contributed by atoms with Crippen LogP contribution < -0.4 is 5.73 Å². The SMILES string of the molecule is C1CCOC1.CCCCN. The van der Waals surface area contributed by atoms with E-state index >= 15 is 0 Å². The van der Waals surface area contributed by atoms with Crippen molar-refractivity contribution in [3.63, 3.8) is 0 Å². The summed E-state index contributed by atoms with van der Waals surface area (Å²) in [6.45, 7) is 4.98. The summed E-state index contributed by atoms with van der Waals surface area (Å²) in [5.41, 5.74) is 5.14. The predicted molar refractivity (Wildman–Crippen MR) is 44.0 cm³/mol. The number of nitrogens with two attached hydrogens (primary N) is 1. The molecule has 2 heteroatoms. The largest absolute Gasteiger partial charge is 0.381 e. The molecule has 0 radical (unpaired) electrons. The van der Waals surface area contributed by atoms with Crippen molar-refractivity contribution in [3.05, 3.63) is 0 Å². The van der Waals surface area contributed by atoms with E-state index in [9.17, 15) is 0 Å². The Morgan fingerprint density at radius 3 is 2.00 bits per heavy atom. The first kappa shape index (κ1) is 9.92. The molecule has 0 atom stereocenters. The van der Waals surface area contributed by atoms with Gasteiger partial charge >= 0.3 is 0 Å². The molecule has 0 bridgehead atoms. The van der Waals surface area contributed by atoms with Gasteiger partial charge < -0.3 is 10.5 Å². The second kappa shape index (κ2) is 8.92. The summed E-state index contributed by atoms with van der Waals surface area (Å²) >= 11 is 0. The Morgan fingerprint density at radius 1 is 1.30 bits per heavy atom. The van der Waals surface area contributed by atoms with Crippen molar-refractivity contribution >= 4 is 0 Å². The highest BCUT2D eigenvalue weighted by Crippen LogP contribution is 1.98. The number of hydrogen-bond donors (Lipinski definition) is 1. The normalized spacial score (nSPS) is 16.2. The Balaban J connectivity index is 0.000000162. The van der Waals surface area contributed by atoms with Crippen molar-refractivity contribution in [3.8, 4) is 0 Å². The molecular formula is C8H19NO. The molecule has 62 valence electrons. The fourth-order valence-corrected chi connectivity index (χ4v) is 0.714. The maximum atomic E-state index is 5.14. The van der Waals surface area contributed by atoms with E-state index in [4.69, 9.17) is 10.5 Å². The van der Waals surface area contributed by atoms with Crippen molar-refractivity contribution in [1.82, 2.24) is 0 Å². The lowest BCUT2D eigenvalue weighted by Crippen LogP contribution is -1.95. The lowest BCUT2D eigenvalue weighted by atomic mass is 10.3. The summed E-state index contributed by atoms with van der Waals surface area (Å²) in [6.07, 6.45) is 4.94. The summed E-state index contributed by atoms with van der Waals surface area (Å²) in [6, 6.07) is 0. The number of ether oxygens (including phenoxy) is 1.